The Labute approximate surface area is 159 Å². The number of halogens is 1. The van der Waals surface area contributed by atoms with Gasteiger partial charge in [-0.25, -0.2) is 4.39 Å². The summed E-state index contributed by atoms with van der Waals surface area (Å²) in [5, 5.41) is 2.91. The van der Waals surface area contributed by atoms with Gasteiger partial charge in [-0.1, -0.05) is 42.0 Å². The molecular weight excluding hydrogens is 343 g/mol. The predicted octanol–water partition coefficient (Wildman–Crippen LogP) is 3.23. The minimum absolute atomic E-state index is 0.00459. The average Bonchev–Trinajstić information content (AvgIpc) is 2.69. The molecule has 142 valence electrons. The maximum atomic E-state index is 12.9. The van der Waals surface area contributed by atoms with Gasteiger partial charge in [-0.15, -0.1) is 0 Å². The molecule has 4 nitrogen and oxygen atoms in total. The zero-order chi connectivity index (χ0) is 19.2. The van der Waals surface area contributed by atoms with Gasteiger partial charge in [0.15, 0.2) is 0 Å². The molecule has 1 saturated heterocycles. The van der Waals surface area contributed by atoms with Gasteiger partial charge in [0.2, 0.25) is 11.8 Å². The summed E-state index contributed by atoms with van der Waals surface area (Å²) in [6, 6.07) is 14.1. The van der Waals surface area contributed by atoms with Crippen molar-refractivity contribution in [1.29, 1.82) is 0 Å². The van der Waals surface area contributed by atoms with Crippen LogP contribution in [0.5, 0.6) is 0 Å². The number of rotatable bonds is 5. The van der Waals surface area contributed by atoms with E-state index in [0.29, 0.717) is 38.9 Å². The number of likely N-dealkylation sites (tertiary alicyclic amines) is 1. The number of hydrogen-bond acceptors (Lipinski definition) is 2. The van der Waals surface area contributed by atoms with Gasteiger partial charge in [0.1, 0.15) is 5.82 Å². The highest BCUT2D eigenvalue weighted by molar-refractivity contribution is 5.81. The number of nitrogens with one attached hydrogen (secondary N) is 1. The van der Waals surface area contributed by atoms with E-state index in [4.69, 9.17) is 0 Å². The number of aryl methyl sites for hydroxylation is 1. The van der Waals surface area contributed by atoms with Gasteiger partial charge in [-0.3, -0.25) is 9.59 Å². The van der Waals surface area contributed by atoms with Crippen LogP contribution in [0.25, 0.3) is 0 Å². The van der Waals surface area contributed by atoms with Crippen LogP contribution in [0.3, 0.4) is 0 Å². The molecule has 2 aromatic carbocycles. The van der Waals surface area contributed by atoms with E-state index in [2.05, 4.69) is 5.32 Å². The van der Waals surface area contributed by atoms with Crippen LogP contribution in [0, 0.1) is 18.7 Å². The number of nitrogens with zero attached hydrogens (tertiary/aromatic N) is 1. The summed E-state index contributed by atoms with van der Waals surface area (Å²) in [4.78, 5) is 26.7. The Morgan fingerprint density at radius 1 is 1.00 bits per heavy atom. The smallest absolute Gasteiger partial charge is 0.226 e. The minimum Gasteiger partial charge on any atom is -0.352 e. The fourth-order valence-corrected chi connectivity index (χ4v) is 3.32. The van der Waals surface area contributed by atoms with Crippen LogP contribution in [-0.4, -0.2) is 29.8 Å². The van der Waals surface area contributed by atoms with Gasteiger partial charge in [0.05, 0.1) is 6.42 Å². The second-order valence-corrected chi connectivity index (χ2v) is 7.16. The van der Waals surface area contributed by atoms with E-state index in [9.17, 15) is 14.0 Å². The summed E-state index contributed by atoms with van der Waals surface area (Å²) in [6.45, 7) is 3.64. The Morgan fingerprint density at radius 3 is 2.22 bits per heavy atom. The molecule has 1 aliphatic rings. The number of carbonyl (C=O) groups is 2. The van der Waals surface area contributed by atoms with Crippen molar-refractivity contribution in [2.24, 2.45) is 5.92 Å². The van der Waals surface area contributed by atoms with E-state index in [-0.39, 0.29) is 23.5 Å². The lowest BCUT2D eigenvalue weighted by Crippen LogP contribution is -2.43. The first-order valence-corrected chi connectivity index (χ1v) is 9.37. The number of amides is 2. The zero-order valence-corrected chi connectivity index (χ0v) is 15.6. The fraction of sp³-hybridized carbons (Fsp3) is 0.364. The summed E-state index contributed by atoms with van der Waals surface area (Å²) < 4.78 is 12.9. The van der Waals surface area contributed by atoms with Gasteiger partial charge in [0, 0.05) is 25.6 Å². The molecular formula is C22H25FN2O2. The van der Waals surface area contributed by atoms with Crippen LogP contribution < -0.4 is 5.32 Å². The van der Waals surface area contributed by atoms with E-state index in [1.165, 1.54) is 17.7 Å². The molecule has 1 N–H and O–H groups in total. The van der Waals surface area contributed by atoms with E-state index >= 15 is 0 Å². The molecule has 0 radical (unpaired) electrons. The molecule has 3 rings (SSSR count). The number of piperidine rings is 1. The van der Waals surface area contributed by atoms with Crippen molar-refractivity contribution >= 4 is 11.8 Å². The van der Waals surface area contributed by atoms with Gasteiger partial charge in [-0.2, -0.15) is 0 Å². The molecule has 1 aliphatic heterocycles. The monoisotopic (exact) mass is 368 g/mol. The molecule has 2 amide bonds. The van der Waals surface area contributed by atoms with Crippen molar-refractivity contribution in [2.45, 2.75) is 32.7 Å². The third kappa shape index (κ3) is 5.39. The fourth-order valence-electron chi connectivity index (χ4n) is 3.32. The van der Waals surface area contributed by atoms with Crippen molar-refractivity contribution in [3.05, 3.63) is 71.0 Å². The third-order valence-corrected chi connectivity index (χ3v) is 5.07. The van der Waals surface area contributed by atoms with Crippen molar-refractivity contribution in [3.63, 3.8) is 0 Å². The first-order valence-electron chi connectivity index (χ1n) is 9.37. The second kappa shape index (κ2) is 8.80. The zero-order valence-electron chi connectivity index (χ0n) is 15.6. The van der Waals surface area contributed by atoms with Crippen molar-refractivity contribution < 1.29 is 14.0 Å². The highest BCUT2D eigenvalue weighted by Crippen LogP contribution is 2.19. The Hall–Kier alpha value is -2.69. The summed E-state index contributed by atoms with van der Waals surface area (Å²) in [5.74, 6) is -0.240. The topological polar surface area (TPSA) is 49.4 Å². The van der Waals surface area contributed by atoms with Crippen LogP contribution in [0.4, 0.5) is 4.39 Å². The van der Waals surface area contributed by atoms with Gasteiger partial charge < -0.3 is 10.2 Å². The molecule has 0 unspecified atom stereocenters. The third-order valence-electron chi connectivity index (χ3n) is 5.07. The van der Waals surface area contributed by atoms with Crippen molar-refractivity contribution in [3.8, 4) is 0 Å². The standard InChI is InChI=1S/C22H25FN2O2/c1-16-2-4-17(5-3-16)14-21(26)25-12-10-19(11-13-25)22(27)24-15-18-6-8-20(23)9-7-18/h2-9,19H,10-15H2,1H3,(H,24,27). The van der Waals surface area contributed by atoms with Gasteiger partial charge in [0.25, 0.3) is 0 Å². The number of carbonyl (C=O) groups excluding carboxylic acids is 2. The molecule has 27 heavy (non-hydrogen) atoms. The number of hydrogen-bond donors (Lipinski definition) is 1. The molecule has 1 heterocycles. The molecule has 1 fully saturated rings. The second-order valence-electron chi connectivity index (χ2n) is 7.16. The predicted molar refractivity (Wildman–Crippen MR) is 102 cm³/mol. The van der Waals surface area contributed by atoms with Crippen LogP contribution in [0.2, 0.25) is 0 Å². The minimum atomic E-state index is -0.284. The Kier molecular flexibility index (Phi) is 6.22. The lowest BCUT2D eigenvalue weighted by atomic mass is 9.95. The normalized spacial score (nSPS) is 14.8. The Morgan fingerprint density at radius 2 is 1.59 bits per heavy atom. The summed E-state index contributed by atoms with van der Waals surface area (Å²) in [6.07, 6.45) is 1.76. The molecule has 0 saturated carbocycles. The highest BCUT2D eigenvalue weighted by atomic mass is 19.1. The maximum absolute atomic E-state index is 12.9. The highest BCUT2D eigenvalue weighted by Gasteiger charge is 2.27. The number of benzene rings is 2. The Balaban J connectivity index is 1.43. The van der Waals surface area contributed by atoms with Crippen LogP contribution >= 0.6 is 0 Å². The molecule has 0 aromatic heterocycles. The SMILES string of the molecule is Cc1ccc(CC(=O)N2CCC(C(=O)NCc3ccc(F)cc3)CC2)cc1. The first kappa shape index (κ1) is 19.1. The molecule has 0 atom stereocenters. The van der Waals surface area contributed by atoms with E-state index in [0.717, 1.165) is 11.1 Å². The lowest BCUT2D eigenvalue weighted by molar-refractivity contribution is -0.135. The Bertz CT molecular complexity index is 779. The van der Waals surface area contributed by atoms with E-state index in [1.807, 2.05) is 36.1 Å². The molecule has 0 bridgehead atoms. The van der Waals surface area contributed by atoms with Crippen molar-refractivity contribution in [2.75, 3.05) is 13.1 Å². The quantitative estimate of drug-likeness (QED) is 0.881. The van der Waals surface area contributed by atoms with Gasteiger partial charge in [-0.05, 0) is 43.0 Å². The summed E-state index contributed by atoms with van der Waals surface area (Å²) >= 11 is 0. The summed E-state index contributed by atoms with van der Waals surface area (Å²) in [5.41, 5.74) is 3.07. The van der Waals surface area contributed by atoms with Crippen molar-refractivity contribution in [1.82, 2.24) is 10.2 Å². The van der Waals surface area contributed by atoms with Crippen LogP contribution in [0.1, 0.15) is 29.5 Å². The molecule has 0 aliphatic carbocycles. The molecule has 2 aromatic rings. The lowest BCUT2D eigenvalue weighted by Gasteiger charge is -2.31. The van der Waals surface area contributed by atoms with E-state index in [1.54, 1.807) is 12.1 Å². The maximum Gasteiger partial charge on any atom is 0.226 e. The summed E-state index contributed by atoms with van der Waals surface area (Å²) in [7, 11) is 0. The molecule has 5 heteroatoms. The van der Waals surface area contributed by atoms with Crippen LogP contribution in [0.15, 0.2) is 48.5 Å². The largest absolute Gasteiger partial charge is 0.352 e. The molecule has 0 spiro atoms. The average molecular weight is 368 g/mol. The van der Waals surface area contributed by atoms with E-state index < -0.39 is 0 Å². The van der Waals surface area contributed by atoms with Gasteiger partial charge >= 0.3 is 0 Å². The first-order chi connectivity index (χ1) is 13.0. The van der Waals surface area contributed by atoms with Crippen LogP contribution in [-0.2, 0) is 22.6 Å².